The molecule has 1 aromatic rings. The number of carbonyl (C=O) groups is 2. The molecule has 5 heteroatoms. The van der Waals surface area contributed by atoms with Gasteiger partial charge in [-0.3, -0.25) is 9.59 Å². The van der Waals surface area contributed by atoms with E-state index in [0.717, 1.165) is 25.1 Å². The first-order valence-corrected chi connectivity index (χ1v) is 8.12. The Bertz CT molecular complexity index is 547. The van der Waals surface area contributed by atoms with Gasteiger partial charge in [-0.05, 0) is 30.4 Å². The quantitative estimate of drug-likeness (QED) is 0.855. The van der Waals surface area contributed by atoms with Crippen LogP contribution in [-0.2, 0) is 16.1 Å². The van der Waals surface area contributed by atoms with Crippen molar-refractivity contribution in [3.63, 3.8) is 0 Å². The van der Waals surface area contributed by atoms with Crippen LogP contribution in [-0.4, -0.2) is 41.2 Å². The molecule has 0 spiro atoms. The summed E-state index contributed by atoms with van der Waals surface area (Å²) >= 11 is 6.14. The molecule has 120 valence electrons. The summed E-state index contributed by atoms with van der Waals surface area (Å²) in [6.45, 7) is 5.71. The van der Waals surface area contributed by atoms with E-state index in [1.807, 2.05) is 23.1 Å². The van der Waals surface area contributed by atoms with Gasteiger partial charge in [0.2, 0.25) is 11.8 Å². The number of rotatable bonds is 4. The lowest BCUT2D eigenvalue weighted by atomic mass is 10.0. The second-order valence-electron chi connectivity index (χ2n) is 6.05. The van der Waals surface area contributed by atoms with Gasteiger partial charge in [-0.15, -0.1) is 0 Å². The van der Waals surface area contributed by atoms with E-state index in [4.69, 9.17) is 11.6 Å². The number of piperidine rings is 1. The monoisotopic (exact) mass is 322 g/mol. The molecule has 1 atom stereocenters. The highest BCUT2D eigenvalue weighted by Crippen LogP contribution is 2.18. The van der Waals surface area contributed by atoms with E-state index in [2.05, 4.69) is 6.92 Å². The van der Waals surface area contributed by atoms with Crippen LogP contribution in [0.25, 0.3) is 0 Å². The summed E-state index contributed by atoms with van der Waals surface area (Å²) < 4.78 is 0. The Hall–Kier alpha value is -1.55. The highest BCUT2D eigenvalue weighted by Gasteiger charge is 2.23. The topological polar surface area (TPSA) is 40.6 Å². The molecule has 0 bridgehead atoms. The number of carbonyl (C=O) groups excluding carboxylic acids is 2. The number of amides is 2. The molecule has 1 aliphatic heterocycles. The van der Waals surface area contributed by atoms with E-state index in [-0.39, 0.29) is 18.4 Å². The number of hydrogen-bond acceptors (Lipinski definition) is 2. The number of likely N-dealkylation sites (tertiary alicyclic amines) is 1. The molecule has 22 heavy (non-hydrogen) atoms. The van der Waals surface area contributed by atoms with Crippen LogP contribution in [0.2, 0.25) is 5.02 Å². The predicted molar refractivity (Wildman–Crippen MR) is 87.5 cm³/mol. The largest absolute Gasteiger partial charge is 0.341 e. The van der Waals surface area contributed by atoms with Crippen LogP contribution in [0.1, 0.15) is 32.3 Å². The molecular weight excluding hydrogens is 300 g/mol. The molecule has 2 rings (SSSR count). The average Bonchev–Trinajstić information content (AvgIpc) is 2.48. The van der Waals surface area contributed by atoms with Gasteiger partial charge >= 0.3 is 0 Å². The Morgan fingerprint density at radius 2 is 2.09 bits per heavy atom. The molecule has 1 fully saturated rings. The van der Waals surface area contributed by atoms with Crippen molar-refractivity contribution >= 4 is 23.4 Å². The maximum atomic E-state index is 12.4. The van der Waals surface area contributed by atoms with Gasteiger partial charge in [0.05, 0.1) is 0 Å². The third-order valence-corrected chi connectivity index (χ3v) is 4.47. The summed E-state index contributed by atoms with van der Waals surface area (Å²) in [5.74, 6) is 0.444. The maximum absolute atomic E-state index is 12.4. The standard InChI is InChI=1S/C17H23ClN2O2/c1-13-6-5-9-19(10-13)17(22)12-20(14(2)21)11-15-7-3-4-8-16(15)18/h3-4,7-8,13H,5-6,9-12H2,1-2H3. The third-order valence-electron chi connectivity index (χ3n) is 4.10. The zero-order valence-electron chi connectivity index (χ0n) is 13.2. The molecule has 2 amide bonds. The molecule has 1 unspecified atom stereocenters. The SMILES string of the molecule is CC(=O)N(CC(=O)N1CCCC(C)C1)Cc1ccccc1Cl. The minimum atomic E-state index is -0.113. The van der Waals surface area contributed by atoms with Gasteiger partial charge in [-0.1, -0.05) is 36.7 Å². The van der Waals surface area contributed by atoms with E-state index in [0.29, 0.717) is 17.5 Å². The second-order valence-corrected chi connectivity index (χ2v) is 6.46. The first-order valence-electron chi connectivity index (χ1n) is 7.74. The van der Waals surface area contributed by atoms with Crippen LogP contribution < -0.4 is 0 Å². The van der Waals surface area contributed by atoms with Gasteiger partial charge in [-0.25, -0.2) is 0 Å². The Morgan fingerprint density at radius 3 is 2.73 bits per heavy atom. The lowest BCUT2D eigenvalue weighted by Gasteiger charge is -2.32. The van der Waals surface area contributed by atoms with Crippen molar-refractivity contribution in [2.45, 2.75) is 33.2 Å². The fraction of sp³-hybridized carbons (Fsp3) is 0.529. The van der Waals surface area contributed by atoms with Gasteiger partial charge in [0.15, 0.2) is 0 Å². The van der Waals surface area contributed by atoms with Crippen molar-refractivity contribution in [2.24, 2.45) is 5.92 Å². The van der Waals surface area contributed by atoms with Crippen molar-refractivity contribution in [1.29, 1.82) is 0 Å². The Balaban J connectivity index is 2.01. The van der Waals surface area contributed by atoms with E-state index >= 15 is 0 Å². The Morgan fingerprint density at radius 1 is 1.36 bits per heavy atom. The maximum Gasteiger partial charge on any atom is 0.242 e. The summed E-state index contributed by atoms with van der Waals surface area (Å²) in [6.07, 6.45) is 2.21. The van der Waals surface area contributed by atoms with Crippen molar-refractivity contribution in [3.8, 4) is 0 Å². The molecule has 0 radical (unpaired) electrons. The van der Waals surface area contributed by atoms with Crippen molar-refractivity contribution in [1.82, 2.24) is 9.80 Å². The number of halogens is 1. The van der Waals surface area contributed by atoms with Crippen molar-refractivity contribution in [3.05, 3.63) is 34.9 Å². The molecule has 1 aliphatic rings. The third kappa shape index (κ3) is 4.47. The molecule has 1 heterocycles. The van der Waals surface area contributed by atoms with Crippen LogP contribution in [0.3, 0.4) is 0 Å². The molecule has 0 aromatic heterocycles. The predicted octanol–water partition coefficient (Wildman–Crippen LogP) is 2.95. The summed E-state index contributed by atoms with van der Waals surface area (Å²) in [6, 6.07) is 7.41. The minimum Gasteiger partial charge on any atom is -0.341 e. The minimum absolute atomic E-state index is 0.0220. The lowest BCUT2D eigenvalue weighted by molar-refractivity contribution is -0.140. The van der Waals surface area contributed by atoms with Crippen LogP contribution in [0.15, 0.2) is 24.3 Å². The molecular formula is C17H23ClN2O2. The van der Waals surface area contributed by atoms with Crippen LogP contribution in [0.5, 0.6) is 0 Å². The van der Waals surface area contributed by atoms with Gasteiger partial charge < -0.3 is 9.80 Å². The van der Waals surface area contributed by atoms with Crippen molar-refractivity contribution < 1.29 is 9.59 Å². The molecule has 1 aromatic carbocycles. The van der Waals surface area contributed by atoms with Gasteiger partial charge in [0, 0.05) is 31.6 Å². The van der Waals surface area contributed by atoms with Gasteiger partial charge in [-0.2, -0.15) is 0 Å². The van der Waals surface area contributed by atoms with Gasteiger partial charge in [0.25, 0.3) is 0 Å². The average molecular weight is 323 g/mol. The lowest BCUT2D eigenvalue weighted by Crippen LogP contribution is -2.45. The smallest absolute Gasteiger partial charge is 0.242 e. The first-order chi connectivity index (χ1) is 10.5. The summed E-state index contributed by atoms with van der Waals surface area (Å²) in [4.78, 5) is 27.7. The first kappa shape index (κ1) is 16.8. The van der Waals surface area contributed by atoms with Gasteiger partial charge in [0.1, 0.15) is 6.54 Å². The van der Waals surface area contributed by atoms with E-state index in [9.17, 15) is 9.59 Å². The Labute approximate surface area is 137 Å². The van der Waals surface area contributed by atoms with Crippen molar-refractivity contribution in [2.75, 3.05) is 19.6 Å². The van der Waals surface area contributed by atoms with Crippen LogP contribution in [0.4, 0.5) is 0 Å². The molecule has 0 saturated carbocycles. The van der Waals surface area contributed by atoms with Crippen LogP contribution in [0, 0.1) is 5.92 Å². The zero-order chi connectivity index (χ0) is 16.1. The number of benzene rings is 1. The normalized spacial score (nSPS) is 18.1. The fourth-order valence-corrected chi connectivity index (χ4v) is 2.99. The molecule has 0 aliphatic carbocycles. The molecule has 1 saturated heterocycles. The number of hydrogen-bond donors (Lipinski definition) is 0. The number of nitrogens with zero attached hydrogens (tertiary/aromatic N) is 2. The highest BCUT2D eigenvalue weighted by molar-refractivity contribution is 6.31. The fourth-order valence-electron chi connectivity index (χ4n) is 2.79. The highest BCUT2D eigenvalue weighted by atomic mass is 35.5. The second kappa shape index (κ2) is 7.63. The summed E-state index contributed by atoms with van der Waals surface area (Å²) in [7, 11) is 0. The van der Waals surface area contributed by atoms with E-state index in [1.54, 1.807) is 11.0 Å². The zero-order valence-corrected chi connectivity index (χ0v) is 14.0. The molecule has 4 nitrogen and oxygen atoms in total. The van der Waals surface area contributed by atoms with E-state index in [1.165, 1.54) is 13.3 Å². The summed E-state index contributed by atoms with van der Waals surface area (Å²) in [5, 5.41) is 0.618. The van der Waals surface area contributed by atoms with Crippen LogP contribution >= 0.6 is 11.6 Å². The molecule has 0 N–H and O–H groups in total. The van der Waals surface area contributed by atoms with E-state index < -0.39 is 0 Å². The Kier molecular flexibility index (Phi) is 5.83. The summed E-state index contributed by atoms with van der Waals surface area (Å²) in [5.41, 5.74) is 0.860.